The number of hydrogen-bond donors (Lipinski definition) is 0. The lowest BCUT2D eigenvalue weighted by molar-refractivity contribution is -0.161. The average molecular weight is 522 g/mol. The maximum absolute atomic E-state index is 12.3. The van der Waals surface area contributed by atoms with Gasteiger partial charge in [-0.05, 0) is 44.2 Å². The molecule has 3 aromatic rings. The van der Waals surface area contributed by atoms with Gasteiger partial charge >= 0.3 is 11.9 Å². The third kappa shape index (κ3) is 6.07. The van der Waals surface area contributed by atoms with Crippen molar-refractivity contribution >= 4 is 61.6 Å². The molecule has 2 aromatic heterocycles. The third-order valence-corrected chi connectivity index (χ3v) is 8.03. The molecule has 1 saturated heterocycles. The van der Waals surface area contributed by atoms with E-state index in [0.717, 1.165) is 58.0 Å². The highest BCUT2D eigenvalue weighted by molar-refractivity contribution is 7.22. The molecule has 3 heterocycles. The number of hydrogen-bond acceptors (Lipinski definition) is 9. The summed E-state index contributed by atoms with van der Waals surface area (Å²) >= 11 is 9.43. The van der Waals surface area contributed by atoms with Crippen molar-refractivity contribution in [2.24, 2.45) is 5.92 Å². The van der Waals surface area contributed by atoms with Crippen LogP contribution in [0.5, 0.6) is 0 Å². The van der Waals surface area contributed by atoms with Crippen molar-refractivity contribution in [3.05, 3.63) is 45.1 Å². The number of ether oxygens (including phenoxy) is 2. The largest absolute Gasteiger partial charge is 0.465 e. The number of thiazole rings is 1. The van der Waals surface area contributed by atoms with Crippen LogP contribution in [-0.2, 0) is 32.0 Å². The van der Waals surface area contributed by atoms with Gasteiger partial charge in [0.05, 0.1) is 23.4 Å². The van der Waals surface area contributed by atoms with Gasteiger partial charge in [-0.2, -0.15) is 0 Å². The Morgan fingerprint density at radius 1 is 1.00 bits per heavy atom. The second-order valence-electron chi connectivity index (χ2n) is 8.00. The van der Waals surface area contributed by atoms with Crippen LogP contribution in [-0.4, -0.2) is 61.2 Å². The van der Waals surface area contributed by atoms with Gasteiger partial charge in [0.15, 0.2) is 11.0 Å². The van der Waals surface area contributed by atoms with Gasteiger partial charge in [0.1, 0.15) is 0 Å². The van der Waals surface area contributed by atoms with E-state index < -0.39 is 17.9 Å². The zero-order valence-corrected chi connectivity index (χ0v) is 21.7. The fourth-order valence-electron chi connectivity index (χ4n) is 3.91. The topological polar surface area (TPSA) is 72.0 Å². The van der Waals surface area contributed by atoms with Crippen LogP contribution in [0.2, 0.25) is 5.02 Å². The summed E-state index contributed by atoms with van der Waals surface area (Å²) in [5, 5.41) is 1.78. The number of anilines is 1. The molecule has 182 valence electrons. The summed E-state index contributed by atoms with van der Waals surface area (Å²) in [6, 6.07) is 9.89. The van der Waals surface area contributed by atoms with E-state index in [9.17, 15) is 9.59 Å². The first-order valence-electron chi connectivity index (χ1n) is 11.4. The van der Waals surface area contributed by atoms with Crippen LogP contribution in [0.1, 0.15) is 23.6 Å². The van der Waals surface area contributed by atoms with Gasteiger partial charge in [-0.15, -0.1) is 11.3 Å². The van der Waals surface area contributed by atoms with Gasteiger partial charge in [-0.25, -0.2) is 4.98 Å². The van der Waals surface area contributed by atoms with E-state index in [-0.39, 0.29) is 13.2 Å². The molecule has 0 N–H and O–H groups in total. The highest BCUT2D eigenvalue weighted by Gasteiger charge is 2.30. The molecule has 0 aliphatic carbocycles. The number of fused-ring (bicyclic) bond motifs is 1. The lowest BCUT2D eigenvalue weighted by Gasteiger charge is -2.34. The van der Waals surface area contributed by atoms with E-state index in [1.165, 1.54) is 4.88 Å². The summed E-state index contributed by atoms with van der Waals surface area (Å²) in [4.78, 5) is 36.2. The van der Waals surface area contributed by atoms with E-state index in [1.807, 2.05) is 24.3 Å². The van der Waals surface area contributed by atoms with Gasteiger partial charge in [0.25, 0.3) is 0 Å². The number of esters is 2. The highest BCUT2D eigenvalue weighted by atomic mass is 35.5. The number of carbonyl (C=O) groups is 2. The van der Waals surface area contributed by atoms with Gasteiger partial charge < -0.3 is 14.4 Å². The summed E-state index contributed by atoms with van der Waals surface area (Å²) in [5.74, 6) is -1.97. The van der Waals surface area contributed by atoms with Crippen LogP contribution in [0.3, 0.4) is 0 Å². The SMILES string of the molecule is CCOC(=O)C(Cc1ccc(CN2CCN(c3nc4ccc(Cl)cc4s3)CC2)s1)C(=O)OCC. The molecule has 0 radical (unpaired) electrons. The molecule has 1 fully saturated rings. The van der Waals surface area contributed by atoms with Crippen molar-refractivity contribution < 1.29 is 19.1 Å². The van der Waals surface area contributed by atoms with Gasteiger partial charge in [0.2, 0.25) is 0 Å². The summed E-state index contributed by atoms with van der Waals surface area (Å²) in [6.07, 6.45) is 0.303. The number of carbonyl (C=O) groups excluding carboxylic acids is 2. The first-order chi connectivity index (χ1) is 16.5. The second-order valence-corrected chi connectivity index (χ2v) is 10.7. The van der Waals surface area contributed by atoms with Crippen LogP contribution in [0.15, 0.2) is 30.3 Å². The zero-order valence-electron chi connectivity index (χ0n) is 19.3. The predicted octanol–water partition coefficient (Wildman–Crippen LogP) is 4.62. The monoisotopic (exact) mass is 521 g/mol. The molecule has 10 heteroatoms. The first kappa shape index (κ1) is 24.9. The fourth-order valence-corrected chi connectivity index (χ4v) is 6.31. The normalized spacial score (nSPS) is 14.6. The van der Waals surface area contributed by atoms with Crippen molar-refractivity contribution in [1.29, 1.82) is 0 Å². The van der Waals surface area contributed by atoms with Gasteiger partial charge in [0, 0.05) is 53.9 Å². The average Bonchev–Trinajstić information content (AvgIpc) is 3.44. The summed E-state index contributed by atoms with van der Waals surface area (Å²) < 4.78 is 11.3. The van der Waals surface area contributed by atoms with Crippen LogP contribution < -0.4 is 4.90 Å². The Labute approximate surface area is 212 Å². The lowest BCUT2D eigenvalue weighted by atomic mass is 10.1. The number of halogens is 1. The van der Waals surface area contributed by atoms with Crippen molar-refractivity contribution in [2.45, 2.75) is 26.8 Å². The van der Waals surface area contributed by atoms with E-state index >= 15 is 0 Å². The first-order valence-corrected chi connectivity index (χ1v) is 13.4. The number of thiophene rings is 1. The third-order valence-electron chi connectivity index (χ3n) is 5.63. The quantitative estimate of drug-likeness (QED) is 0.300. The number of benzene rings is 1. The zero-order chi connectivity index (χ0) is 24.1. The molecule has 0 bridgehead atoms. The van der Waals surface area contributed by atoms with Crippen LogP contribution >= 0.6 is 34.3 Å². The van der Waals surface area contributed by atoms with Crippen molar-refractivity contribution in [3.8, 4) is 0 Å². The van der Waals surface area contributed by atoms with E-state index in [1.54, 1.807) is 36.5 Å². The summed E-state index contributed by atoms with van der Waals surface area (Å²) in [6.45, 7) is 8.50. The Morgan fingerprint density at radius 3 is 2.35 bits per heavy atom. The summed E-state index contributed by atoms with van der Waals surface area (Å²) in [5.41, 5.74) is 0.988. The molecule has 0 amide bonds. The second kappa shape index (κ2) is 11.5. The smallest absolute Gasteiger partial charge is 0.320 e. The van der Waals surface area contributed by atoms with Crippen LogP contribution in [0, 0.1) is 5.92 Å². The minimum absolute atomic E-state index is 0.237. The van der Waals surface area contributed by atoms with E-state index in [4.69, 9.17) is 26.1 Å². The van der Waals surface area contributed by atoms with Crippen LogP contribution in [0.25, 0.3) is 10.2 Å². The molecule has 0 atom stereocenters. The van der Waals surface area contributed by atoms with Crippen LogP contribution in [0.4, 0.5) is 5.13 Å². The minimum atomic E-state index is -0.918. The number of aromatic nitrogens is 1. The predicted molar refractivity (Wildman–Crippen MR) is 137 cm³/mol. The minimum Gasteiger partial charge on any atom is -0.465 e. The maximum atomic E-state index is 12.3. The Kier molecular flexibility index (Phi) is 8.41. The van der Waals surface area contributed by atoms with Gasteiger partial charge in [-0.1, -0.05) is 22.9 Å². The number of nitrogens with zero attached hydrogens (tertiary/aromatic N) is 3. The Morgan fingerprint density at radius 2 is 1.68 bits per heavy atom. The van der Waals surface area contributed by atoms with E-state index in [2.05, 4.69) is 15.9 Å². The molecule has 0 spiro atoms. The molecule has 0 saturated carbocycles. The lowest BCUT2D eigenvalue weighted by Crippen LogP contribution is -2.45. The standard InChI is InChI=1S/C24H28ClN3O4S2/c1-3-31-22(29)19(23(30)32-4-2)14-17-6-7-18(33-17)15-27-9-11-28(12-10-27)24-26-20-8-5-16(25)13-21(20)34-24/h5-8,13,19H,3-4,9-12,14-15H2,1-2H3. The molecular formula is C24H28ClN3O4S2. The molecular weight excluding hydrogens is 494 g/mol. The van der Waals surface area contributed by atoms with Crippen molar-refractivity contribution in [3.63, 3.8) is 0 Å². The fraction of sp³-hybridized carbons (Fsp3) is 0.458. The molecule has 7 nitrogen and oxygen atoms in total. The van der Waals surface area contributed by atoms with Crippen molar-refractivity contribution in [1.82, 2.24) is 9.88 Å². The molecule has 0 unspecified atom stereocenters. The Hall–Kier alpha value is -2.20. The molecule has 34 heavy (non-hydrogen) atoms. The highest BCUT2D eigenvalue weighted by Crippen LogP contribution is 2.31. The van der Waals surface area contributed by atoms with Crippen molar-refractivity contribution in [2.75, 3.05) is 44.3 Å². The number of piperazine rings is 1. The number of rotatable bonds is 9. The molecule has 1 aliphatic heterocycles. The molecule has 1 aromatic carbocycles. The Bertz CT molecular complexity index is 1120. The van der Waals surface area contributed by atoms with Gasteiger partial charge in [-0.3, -0.25) is 14.5 Å². The Balaban J connectivity index is 1.32. The molecule has 1 aliphatic rings. The summed E-state index contributed by atoms with van der Waals surface area (Å²) in [7, 11) is 0. The molecule has 4 rings (SSSR count). The maximum Gasteiger partial charge on any atom is 0.320 e. The van der Waals surface area contributed by atoms with E-state index in [0.29, 0.717) is 6.42 Å².